The van der Waals surface area contributed by atoms with Crippen LogP contribution in [0.4, 0.5) is 0 Å². The highest BCUT2D eigenvalue weighted by Crippen LogP contribution is 2.35. The smallest absolute Gasteiger partial charge is 0.271 e. The second-order valence-electron chi connectivity index (χ2n) is 6.09. The third kappa shape index (κ3) is 4.06. The van der Waals surface area contributed by atoms with E-state index in [4.69, 9.17) is 9.56 Å². The summed E-state index contributed by atoms with van der Waals surface area (Å²) in [7, 11) is -3.74. The molecule has 0 radical (unpaired) electrons. The van der Waals surface area contributed by atoms with Crippen LogP contribution in [0.2, 0.25) is 0 Å². The molecule has 1 aliphatic carbocycles. The van der Waals surface area contributed by atoms with Crippen molar-refractivity contribution >= 4 is 10.0 Å². The lowest BCUT2D eigenvalue weighted by Crippen LogP contribution is -2.35. The van der Waals surface area contributed by atoms with Gasteiger partial charge in [0, 0.05) is 6.04 Å². The topological polar surface area (TPSA) is 85.3 Å². The third-order valence-electron chi connectivity index (χ3n) is 3.82. The van der Waals surface area contributed by atoms with Crippen molar-refractivity contribution in [3.63, 3.8) is 0 Å². The van der Waals surface area contributed by atoms with E-state index >= 15 is 0 Å². The summed E-state index contributed by atoms with van der Waals surface area (Å²) < 4.78 is 27.4. The van der Waals surface area contributed by atoms with Crippen LogP contribution in [-0.2, 0) is 16.6 Å². The summed E-state index contributed by atoms with van der Waals surface area (Å²) in [6.07, 6.45) is 4.72. The Morgan fingerprint density at radius 3 is 2.53 bits per heavy atom. The van der Waals surface area contributed by atoms with E-state index in [1.54, 1.807) is 6.07 Å². The monoisotopic (exact) mass is 286 g/mol. The summed E-state index contributed by atoms with van der Waals surface area (Å²) >= 11 is 0. The van der Waals surface area contributed by atoms with Gasteiger partial charge < -0.3 is 9.73 Å². The van der Waals surface area contributed by atoms with Crippen LogP contribution in [0.5, 0.6) is 0 Å². The minimum atomic E-state index is -3.74. The van der Waals surface area contributed by atoms with Gasteiger partial charge in [0.2, 0.25) is 5.09 Å². The fraction of sp³-hybridized carbons (Fsp3) is 0.692. The third-order valence-corrected chi connectivity index (χ3v) is 4.60. The maximum absolute atomic E-state index is 11.1. The number of nitrogens with one attached hydrogen (secondary N) is 1. The quantitative estimate of drug-likeness (QED) is 0.886. The summed E-state index contributed by atoms with van der Waals surface area (Å²) in [6.45, 7) is 5.14. The first-order valence-electron chi connectivity index (χ1n) is 6.61. The van der Waals surface area contributed by atoms with Crippen LogP contribution in [0.15, 0.2) is 21.6 Å². The molecule has 108 valence electrons. The van der Waals surface area contributed by atoms with E-state index in [2.05, 4.69) is 19.2 Å². The number of sulfonamides is 1. The Morgan fingerprint density at radius 2 is 2.00 bits per heavy atom. The van der Waals surface area contributed by atoms with Crippen molar-refractivity contribution < 1.29 is 12.8 Å². The van der Waals surface area contributed by atoms with Crippen LogP contribution < -0.4 is 10.5 Å². The number of primary sulfonamides is 1. The van der Waals surface area contributed by atoms with Gasteiger partial charge in [-0.05, 0) is 43.2 Å². The van der Waals surface area contributed by atoms with Crippen LogP contribution in [0.3, 0.4) is 0 Å². The maximum Gasteiger partial charge on any atom is 0.271 e. The first-order chi connectivity index (χ1) is 8.76. The SMILES string of the molecule is CC1(C)CCC(NCc2ccc(S(N)(=O)=O)o2)CC1. The highest BCUT2D eigenvalue weighted by molar-refractivity contribution is 7.89. The standard InChI is InChI=1S/C13H22N2O3S/c1-13(2)7-5-10(6-8-13)15-9-11-3-4-12(18-11)19(14,16)17/h3-4,10,15H,5-9H2,1-2H3,(H2,14,16,17). The predicted octanol–water partition coefficient (Wildman–Crippen LogP) is 1.99. The van der Waals surface area contributed by atoms with E-state index in [1.807, 2.05) is 0 Å². The molecule has 0 spiro atoms. The summed E-state index contributed by atoms with van der Waals surface area (Å²) in [5.41, 5.74) is 0.448. The second-order valence-corrected chi connectivity index (χ2v) is 7.58. The number of hydrogen-bond acceptors (Lipinski definition) is 4. The second kappa shape index (κ2) is 5.26. The van der Waals surface area contributed by atoms with Crippen molar-refractivity contribution in [1.29, 1.82) is 0 Å². The lowest BCUT2D eigenvalue weighted by molar-refractivity contribution is 0.203. The van der Waals surface area contributed by atoms with Crippen molar-refractivity contribution in [2.75, 3.05) is 0 Å². The molecule has 1 heterocycles. The molecule has 19 heavy (non-hydrogen) atoms. The minimum Gasteiger partial charge on any atom is -0.447 e. The molecule has 0 bridgehead atoms. The van der Waals surface area contributed by atoms with Crippen molar-refractivity contribution in [1.82, 2.24) is 5.32 Å². The van der Waals surface area contributed by atoms with E-state index in [-0.39, 0.29) is 5.09 Å². The van der Waals surface area contributed by atoms with Gasteiger partial charge in [0.25, 0.3) is 10.0 Å². The van der Waals surface area contributed by atoms with E-state index in [0.29, 0.717) is 23.8 Å². The van der Waals surface area contributed by atoms with E-state index in [0.717, 1.165) is 12.8 Å². The van der Waals surface area contributed by atoms with E-state index < -0.39 is 10.0 Å². The lowest BCUT2D eigenvalue weighted by Gasteiger charge is -2.34. The number of rotatable bonds is 4. The summed E-state index contributed by atoms with van der Waals surface area (Å²) in [6, 6.07) is 3.53. The zero-order valence-electron chi connectivity index (χ0n) is 11.5. The lowest BCUT2D eigenvalue weighted by atomic mass is 9.75. The van der Waals surface area contributed by atoms with Gasteiger partial charge in [-0.1, -0.05) is 13.8 Å². The fourth-order valence-corrected chi connectivity index (χ4v) is 2.94. The van der Waals surface area contributed by atoms with Gasteiger partial charge in [-0.2, -0.15) is 0 Å². The molecule has 5 nitrogen and oxygen atoms in total. The van der Waals surface area contributed by atoms with Gasteiger partial charge in [-0.3, -0.25) is 0 Å². The summed E-state index contributed by atoms with van der Waals surface area (Å²) in [5.74, 6) is 0.605. The van der Waals surface area contributed by atoms with Crippen LogP contribution in [0.1, 0.15) is 45.3 Å². The molecule has 0 unspecified atom stereocenters. The normalized spacial score (nSPS) is 20.6. The Kier molecular flexibility index (Phi) is 4.03. The van der Waals surface area contributed by atoms with Gasteiger partial charge in [0.1, 0.15) is 5.76 Å². The van der Waals surface area contributed by atoms with Crippen molar-refractivity contribution in [2.24, 2.45) is 10.6 Å². The first kappa shape index (κ1) is 14.6. The largest absolute Gasteiger partial charge is 0.447 e. The molecular weight excluding hydrogens is 264 g/mol. The van der Waals surface area contributed by atoms with Gasteiger partial charge in [0.15, 0.2) is 0 Å². The van der Waals surface area contributed by atoms with Crippen LogP contribution in [0.25, 0.3) is 0 Å². The zero-order chi connectivity index (χ0) is 14.1. The fourth-order valence-electron chi connectivity index (χ4n) is 2.45. The molecule has 3 N–H and O–H groups in total. The summed E-state index contributed by atoms with van der Waals surface area (Å²) in [4.78, 5) is 0. The minimum absolute atomic E-state index is 0.172. The Balaban J connectivity index is 1.85. The Labute approximate surface area is 114 Å². The predicted molar refractivity (Wildman–Crippen MR) is 73.0 cm³/mol. The highest BCUT2D eigenvalue weighted by Gasteiger charge is 2.26. The zero-order valence-corrected chi connectivity index (χ0v) is 12.3. The Bertz CT molecular complexity index is 524. The highest BCUT2D eigenvalue weighted by atomic mass is 32.2. The van der Waals surface area contributed by atoms with E-state index in [9.17, 15) is 8.42 Å². The van der Waals surface area contributed by atoms with Crippen molar-refractivity contribution in [2.45, 2.75) is 57.2 Å². The molecular formula is C13H22N2O3S. The number of hydrogen-bond donors (Lipinski definition) is 2. The Hall–Kier alpha value is -0.850. The summed E-state index contributed by atoms with van der Waals surface area (Å²) in [5, 5.41) is 8.24. The van der Waals surface area contributed by atoms with Crippen LogP contribution >= 0.6 is 0 Å². The van der Waals surface area contributed by atoms with Crippen LogP contribution in [0, 0.1) is 5.41 Å². The van der Waals surface area contributed by atoms with Gasteiger partial charge >= 0.3 is 0 Å². The molecule has 1 fully saturated rings. The van der Waals surface area contributed by atoms with Gasteiger partial charge in [-0.15, -0.1) is 0 Å². The van der Waals surface area contributed by atoms with Gasteiger partial charge in [-0.25, -0.2) is 13.6 Å². The average Bonchev–Trinajstić information content (AvgIpc) is 2.76. The molecule has 0 saturated heterocycles. The van der Waals surface area contributed by atoms with Gasteiger partial charge in [0.05, 0.1) is 6.54 Å². The number of furan rings is 1. The molecule has 0 amide bonds. The molecule has 0 atom stereocenters. The molecule has 1 aromatic rings. The van der Waals surface area contributed by atoms with E-state index in [1.165, 1.54) is 18.9 Å². The maximum atomic E-state index is 11.1. The van der Waals surface area contributed by atoms with Crippen molar-refractivity contribution in [3.8, 4) is 0 Å². The molecule has 6 heteroatoms. The number of nitrogens with two attached hydrogens (primary N) is 1. The molecule has 2 rings (SSSR count). The van der Waals surface area contributed by atoms with Crippen LogP contribution in [-0.4, -0.2) is 14.5 Å². The molecule has 1 aliphatic rings. The Morgan fingerprint density at radius 1 is 1.37 bits per heavy atom. The molecule has 1 saturated carbocycles. The molecule has 1 aromatic heterocycles. The first-order valence-corrected chi connectivity index (χ1v) is 8.16. The average molecular weight is 286 g/mol. The molecule has 0 aromatic carbocycles. The molecule has 0 aliphatic heterocycles. The van der Waals surface area contributed by atoms with Crippen molar-refractivity contribution in [3.05, 3.63) is 17.9 Å².